The SMILES string of the molecule is CCC(O)C(C)(O)C1OC1CC(C)(O)C=CC=C(C)C1OC(=O)CC(O)CCC(C)C(OC(C)=O)C=CC1C. The van der Waals surface area contributed by atoms with E-state index in [2.05, 4.69) is 0 Å². The molecule has 10 atom stereocenters. The molecule has 2 aliphatic rings. The van der Waals surface area contributed by atoms with Gasteiger partial charge >= 0.3 is 11.9 Å². The predicted molar refractivity (Wildman–Crippen MR) is 146 cm³/mol. The Balaban J connectivity index is 2.16. The van der Waals surface area contributed by atoms with Crippen molar-refractivity contribution in [1.82, 2.24) is 0 Å². The Labute approximate surface area is 232 Å². The third-order valence-electron chi connectivity index (χ3n) is 7.66. The summed E-state index contributed by atoms with van der Waals surface area (Å²) < 4.78 is 16.8. The normalized spacial score (nSPS) is 34.7. The quantitative estimate of drug-likeness (QED) is 0.147. The molecule has 1 saturated heterocycles. The van der Waals surface area contributed by atoms with E-state index in [9.17, 15) is 30.0 Å². The summed E-state index contributed by atoms with van der Waals surface area (Å²) in [4.78, 5) is 24.2. The van der Waals surface area contributed by atoms with Crippen molar-refractivity contribution in [1.29, 1.82) is 0 Å². The number of aliphatic hydroxyl groups is 4. The average Bonchev–Trinajstić information content (AvgIpc) is 3.60. The minimum atomic E-state index is -1.39. The molecule has 9 nitrogen and oxygen atoms in total. The van der Waals surface area contributed by atoms with Crippen LogP contribution in [0.3, 0.4) is 0 Å². The Morgan fingerprint density at radius 1 is 1.21 bits per heavy atom. The number of rotatable bonds is 9. The number of esters is 2. The summed E-state index contributed by atoms with van der Waals surface area (Å²) in [6.45, 7) is 12.0. The van der Waals surface area contributed by atoms with Crippen molar-refractivity contribution in [2.75, 3.05) is 0 Å². The summed E-state index contributed by atoms with van der Waals surface area (Å²) in [7, 11) is 0. The number of cyclic esters (lactones) is 1. The summed E-state index contributed by atoms with van der Waals surface area (Å²) in [6, 6.07) is 0. The average molecular weight is 553 g/mol. The minimum absolute atomic E-state index is 0.0355. The Hall–Kier alpha value is -2.04. The van der Waals surface area contributed by atoms with E-state index >= 15 is 0 Å². The van der Waals surface area contributed by atoms with Crippen LogP contribution in [-0.2, 0) is 23.8 Å². The van der Waals surface area contributed by atoms with Crippen molar-refractivity contribution >= 4 is 11.9 Å². The van der Waals surface area contributed by atoms with Crippen molar-refractivity contribution < 1.29 is 44.2 Å². The molecule has 222 valence electrons. The standard InChI is InChI=1S/C30H48O9/c1-8-25(33)30(7,36)28-24(38-28)17-29(6,35)15-9-10-19(3)27-20(4)12-14-23(37-21(5)31)18(2)11-13-22(32)16-26(34)39-27/h9-10,12,14-15,18,20,22-25,27-28,32-33,35-36H,8,11,13,16-17H2,1-7H3. The van der Waals surface area contributed by atoms with Gasteiger partial charge in [-0.05, 0) is 57.6 Å². The van der Waals surface area contributed by atoms with Gasteiger partial charge in [-0.2, -0.15) is 0 Å². The minimum Gasteiger partial charge on any atom is -0.458 e. The topological polar surface area (TPSA) is 146 Å². The Kier molecular flexibility index (Phi) is 11.9. The van der Waals surface area contributed by atoms with Crippen LogP contribution in [0.15, 0.2) is 36.0 Å². The molecule has 0 spiro atoms. The van der Waals surface area contributed by atoms with E-state index in [4.69, 9.17) is 14.2 Å². The van der Waals surface area contributed by atoms with Crippen LogP contribution in [0.4, 0.5) is 0 Å². The van der Waals surface area contributed by atoms with Crippen molar-refractivity contribution in [2.24, 2.45) is 11.8 Å². The van der Waals surface area contributed by atoms with E-state index in [1.807, 2.05) is 32.9 Å². The molecule has 2 aliphatic heterocycles. The smallest absolute Gasteiger partial charge is 0.309 e. The van der Waals surface area contributed by atoms with Crippen LogP contribution in [0.5, 0.6) is 0 Å². The highest BCUT2D eigenvalue weighted by molar-refractivity contribution is 5.70. The molecule has 1 fully saturated rings. The molecule has 9 heteroatoms. The van der Waals surface area contributed by atoms with Crippen molar-refractivity contribution in [2.45, 2.75) is 128 Å². The number of allylic oxidation sites excluding steroid dienone is 2. The van der Waals surface area contributed by atoms with E-state index in [-0.39, 0.29) is 36.8 Å². The van der Waals surface area contributed by atoms with Gasteiger partial charge in [-0.15, -0.1) is 0 Å². The summed E-state index contributed by atoms with van der Waals surface area (Å²) in [5.74, 6) is -1.18. The molecular formula is C30H48O9. The van der Waals surface area contributed by atoms with Crippen LogP contribution in [-0.4, -0.2) is 80.2 Å². The summed E-state index contributed by atoms with van der Waals surface area (Å²) in [6.07, 6.45) is 6.40. The highest BCUT2D eigenvalue weighted by Crippen LogP contribution is 2.40. The molecule has 10 unspecified atom stereocenters. The fraction of sp³-hybridized carbons (Fsp3) is 0.733. The first-order chi connectivity index (χ1) is 18.1. The zero-order valence-electron chi connectivity index (χ0n) is 24.4. The van der Waals surface area contributed by atoms with Gasteiger partial charge in [0.15, 0.2) is 0 Å². The number of hydrogen-bond acceptors (Lipinski definition) is 9. The molecule has 0 bridgehead atoms. The van der Waals surface area contributed by atoms with Crippen molar-refractivity contribution in [3.63, 3.8) is 0 Å². The van der Waals surface area contributed by atoms with Gasteiger partial charge in [-0.1, -0.05) is 45.1 Å². The summed E-state index contributed by atoms with van der Waals surface area (Å²) in [5.41, 5.74) is -1.91. The maximum atomic E-state index is 12.6. The largest absolute Gasteiger partial charge is 0.458 e. The van der Waals surface area contributed by atoms with Crippen molar-refractivity contribution in [3.05, 3.63) is 36.0 Å². The number of hydrogen-bond donors (Lipinski definition) is 4. The van der Waals surface area contributed by atoms with E-state index in [0.29, 0.717) is 19.3 Å². The lowest BCUT2D eigenvalue weighted by Crippen LogP contribution is -2.45. The Morgan fingerprint density at radius 2 is 1.87 bits per heavy atom. The highest BCUT2D eigenvalue weighted by atomic mass is 16.6. The van der Waals surface area contributed by atoms with Crippen LogP contribution in [0.25, 0.3) is 0 Å². The summed E-state index contributed by atoms with van der Waals surface area (Å²) in [5, 5.41) is 41.9. The molecule has 0 radical (unpaired) electrons. The monoisotopic (exact) mass is 552 g/mol. The first-order valence-electron chi connectivity index (χ1n) is 13.9. The van der Waals surface area contributed by atoms with E-state index in [0.717, 1.165) is 5.57 Å². The lowest BCUT2D eigenvalue weighted by molar-refractivity contribution is -0.151. The zero-order valence-corrected chi connectivity index (χ0v) is 24.4. The molecule has 0 aromatic rings. The molecule has 2 rings (SSSR count). The fourth-order valence-corrected chi connectivity index (χ4v) is 5.03. The molecule has 0 aromatic carbocycles. The fourth-order valence-electron chi connectivity index (χ4n) is 5.03. The van der Waals surface area contributed by atoms with E-state index in [1.54, 1.807) is 32.1 Å². The molecule has 0 amide bonds. The number of carbonyl (C=O) groups is 2. The lowest BCUT2D eigenvalue weighted by Gasteiger charge is -2.27. The predicted octanol–water partition coefficient (Wildman–Crippen LogP) is 3.14. The van der Waals surface area contributed by atoms with Crippen LogP contribution in [0, 0.1) is 11.8 Å². The first kappa shape index (κ1) is 33.2. The van der Waals surface area contributed by atoms with Gasteiger partial charge in [0.1, 0.15) is 23.9 Å². The zero-order chi connectivity index (χ0) is 29.5. The second-order valence-corrected chi connectivity index (χ2v) is 11.7. The molecule has 4 N–H and O–H groups in total. The molecule has 2 heterocycles. The van der Waals surface area contributed by atoms with Crippen LogP contribution < -0.4 is 0 Å². The van der Waals surface area contributed by atoms with Gasteiger partial charge in [0.25, 0.3) is 0 Å². The molecule has 0 aliphatic carbocycles. The number of aliphatic hydroxyl groups excluding tert-OH is 2. The van der Waals surface area contributed by atoms with E-state index < -0.39 is 47.7 Å². The maximum Gasteiger partial charge on any atom is 0.309 e. The Bertz CT molecular complexity index is 919. The van der Waals surface area contributed by atoms with Crippen molar-refractivity contribution in [3.8, 4) is 0 Å². The van der Waals surface area contributed by atoms with Gasteiger partial charge in [0.2, 0.25) is 0 Å². The first-order valence-corrected chi connectivity index (χ1v) is 13.9. The van der Waals surface area contributed by atoms with Gasteiger partial charge in [0, 0.05) is 19.3 Å². The van der Waals surface area contributed by atoms with E-state index in [1.165, 1.54) is 13.8 Å². The lowest BCUT2D eigenvalue weighted by atomic mass is 9.88. The molecular weight excluding hydrogens is 504 g/mol. The third-order valence-corrected chi connectivity index (χ3v) is 7.66. The second-order valence-electron chi connectivity index (χ2n) is 11.7. The van der Waals surface area contributed by atoms with Gasteiger partial charge in [-0.3, -0.25) is 9.59 Å². The molecule has 0 saturated carbocycles. The maximum absolute atomic E-state index is 12.6. The van der Waals surface area contributed by atoms with Gasteiger partial charge < -0.3 is 34.6 Å². The summed E-state index contributed by atoms with van der Waals surface area (Å²) >= 11 is 0. The number of epoxide rings is 1. The second kappa shape index (κ2) is 14.0. The third kappa shape index (κ3) is 10.1. The number of ether oxygens (including phenoxy) is 3. The van der Waals surface area contributed by atoms with Crippen LogP contribution >= 0.6 is 0 Å². The highest BCUT2D eigenvalue weighted by Gasteiger charge is 2.55. The van der Waals surface area contributed by atoms with Crippen LogP contribution in [0.2, 0.25) is 0 Å². The number of carbonyl (C=O) groups excluding carboxylic acids is 2. The van der Waals surface area contributed by atoms with Gasteiger partial charge in [0.05, 0.1) is 30.3 Å². The van der Waals surface area contributed by atoms with Crippen LogP contribution in [0.1, 0.15) is 80.6 Å². The van der Waals surface area contributed by atoms with Gasteiger partial charge in [-0.25, -0.2) is 0 Å². The molecule has 39 heavy (non-hydrogen) atoms. The Morgan fingerprint density at radius 3 is 2.49 bits per heavy atom. The molecule has 0 aromatic heterocycles.